The maximum absolute atomic E-state index is 12.7. The van der Waals surface area contributed by atoms with Gasteiger partial charge >= 0.3 is 18.4 Å². The number of nitrogens with two attached hydrogens (primary N) is 1. The number of hydrogen-bond donors (Lipinski definition) is 2. The highest BCUT2D eigenvalue weighted by molar-refractivity contribution is 7.80. The molecule has 0 radical (unpaired) electrons. The van der Waals surface area contributed by atoms with Gasteiger partial charge in [-0.05, 0) is 17.7 Å². The Morgan fingerprint density at radius 3 is 1.86 bits per heavy atom. The molecule has 0 unspecified atom stereocenters. The Morgan fingerprint density at radius 2 is 1.52 bits per heavy atom. The van der Waals surface area contributed by atoms with Crippen LogP contribution in [-0.2, 0) is 23.5 Å². The molecular weight excluding hydrogens is 324 g/mol. The lowest BCUT2D eigenvalue weighted by molar-refractivity contribution is -0.147. The summed E-state index contributed by atoms with van der Waals surface area (Å²) in [6.45, 7) is -0.435. The van der Waals surface area contributed by atoms with Gasteiger partial charge in [0.05, 0.1) is 17.7 Å². The third kappa shape index (κ3) is 4.73. The van der Waals surface area contributed by atoms with E-state index in [1.54, 1.807) is 0 Å². The van der Waals surface area contributed by atoms with Crippen LogP contribution in [0.3, 0.4) is 0 Å². The van der Waals surface area contributed by atoms with Crippen molar-refractivity contribution in [2.24, 2.45) is 5.73 Å². The normalized spacial score (nSPS) is 12.3. The molecule has 0 spiro atoms. The van der Waals surface area contributed by atoms with Crippen molar-refractivity contribution in [3.05, 3.63) is 28.8 Å². The highest BCUT2D eigenvalue weighted by Crippen LogP contribution is 2.42. The molecule has 0 atom stereocenters. The molecule has 10 heteroatoms. The van der Waals surface area contributed by atoms with Crippen molar-refractivity contribution in [1.82, 2.24) is 0 Å². The topological polar surface area (TPSA) is 52.3 Å². The third-order valence-electron chi connectivity index (χ3n) is 2.42. The van der Waals surface area contributed by atoms with Crippen molar-refractivity contribution in [1.29, 1.82) is 0 Å². The predicted octanol–water partition coefficient (Wildman–Crippen LogP) is 3.65. The second-order valence-corrected chi connectivity index (χ2v) is 4.40. The molecule has 0 fully saturated rings. The molecule has 0 aromatic heterocycles. The Morgan fingerprint density at radius 1 is 1.10 bits per heavy atom. The Labute approximate surface area is 120 Å². The smallest absolute Gasteiger partial charge is 0.417 e. The number of benzene rings is 1. The first-order chi connectivity index (χ1) is 9.43. The first-order valence-corrected chi connectivity index (χ1v) is 5.80. The molecule has 0 aliphatic carbocycles. The molecule has 0 aliphatic heterocycles. The van der Waals surface area contributed by atoms with Gasteiger partial charge in [0.1, 0.15) is 0 Å². The number of ether oxygens (including phenoxy) is 1. The number of carbonyl (C=O) groups excluding carboxylic acids is 1. The van der Waals surface area contributed by atoms with Gasteiger partial charge in [-0.3, -0.25) is 0 Å². The van der Waals surface area contributed by atoms with Crippen molar-refractivity contribution < 1.29 is 35.9 Å². The lowest BCUT2D eigenvalue weighted by atomic mass is 10.0. The fourth-order valence-corrected chi connectivity index (χ4v) is 1.92. The average molecular weight is 333 g/mol. The first-order valence-electron chi connectivity index (χ1n) is 5.35. The SMILES string of the molecule is NC(=O)OCCc1cc(C(F)(F)F)c(S)c(C(F)(F)F)c1. The Hall–Kier alpha value is -1.58. The Balaban J connectivity index is 3.24. The minimum atomic E-state index is -4.99. The van der Waals surface area contributed by atoms with Gasteiger partial charge in [0.25, 0.3) is 0 Å². The van der Waals surface area contributed by atoms with Gasteiger partial charge in [0, 0.05) is 11.3 Å². The molecule has 1 aromatic carbocycles. The summed E-state index contributed by atoms with van der Waals surface area (Å²) >= 11 is 3.32. The van der Waals surface area contributed by atoms with Crippen molar-refractivity contribution in [3.63, 3.8) is 0 Å². The van der Waals surface area contributed by atoms with Gasteiger partial charge < -0.3 is 10.5 Å². The molecule has 0 bridgehead atoms. The largest absolute Gasteiger partial charge is 0.449 e. The highest BCUT2D eigenvalue weighted by Gasteiger charge is 2.40. The zero-order valence-electron chi connectivity index (χ0n) is 10.2. The van der Waals surface area contributed by atoms with E-state index in [1.807, 2.05) is 0 Å². The molecule has 0 heterocycles. The zero-order valence-corrected chi connectivity index (χ0v) is 11.1. The summed E-state index contributed by atoms with van der Waals surface area (Å²) < 4.78 is 80.6. The lowest BCUT2D eigenvalue weighted by Crippen LogP contribution is -2.17. The number of amides is 1. The lowest BCUT2D eigenvalue weighted by Gasteiger charge is -2.17. The van der Waals surface area contributed by atoms with E-state index >= 15 is 0 Å². The van der Waals surface area contributed by atoms with Gasteiger partial charge in [0.2, 0.25) is 0 Å². The van der Waals surface area contributed by atoms with E-state index in [-0.39, 0.29) is 12.0 Å². The Bertz CT molecular complexity index is 505. The fourth-order valence-electron chi connectivity index (χ4n) is 1.54. The van der Waals surface area contributed by atoms with Gasteiger partial charge in [-0.25, -0.2) is 4.79 Å². The van der Waals surface area contributed by atoms with E-state index in [0.29, 0.717) is 12.1 Å². The van der Waals surface area contributed by atoms with E-state index < -0.39 is 41.1 Å². The van der Waals surface area contributed by atoms with Crippen LogP contribution in [0.4, 0.5) is 31.1 Å². The summed E-state index contributed by atoms with van der Waals surface area (Å²) in [5, 5.41) is 0. The number of hydrogen-bond acceptors (Lipinski definition) is 3. The molecule has 1 aromatic rings. The highest BCUT2D eigenvalue weighted by atomic mass is 32.1. The maximum Gasteiger partial charge on any atom is 0.417 e. The number of alkyl halides is 6. The second-order valence-electron chi connectivity index (χ2n) is 3.95. The molecule has 0 aliphatic rings. The monoisotopic (exact) mass is 333 g/mol. The number of rotatable bonds is 3. The fraction of sp³-hybridized carbons (Fsp3) is 0.364. The standard InChI is InChI=1S/C11H9F6NO2S/c12-10(13,14)6-3-5(1-2-20-9(18)19)4-7(8(6)21)11(15,16)17/h3-4,21H,1-2H2,(H2,18,19). The van der Waals surface area contributed by atoms with Gasteiger partial charge in [-0.2, -0.15) is 26.3 Å². The summed E-state index contributed by atoms with van der Waals surface area (Å²) in [6.07, 6.45) is -11.5. The van der Waals surface area contributed by atoms with Crippen LogP contribution in [0.15, 0.2) is 17.0 Å². The molecule has 1 amide bonds. The molecule has 0 saturated carbocycles. The number of halogens is 6. The second kappa shape index (κ2) is 6.04. The summed E-state index contributed by atoms with van der Waals surface area (Å²) in [4.78, 5) is 9.12. The minimum absolute atomic E-state index is 0.297. The molecule has 118 valence electrons. The van der Waals surface area contributed by atoms with Crippen molar-refractivity contribution in [2.45, 2.75) is 23.7 Å². The number of primary amides is 1. The quantitative estimate of drug-likeness (QED) is 0.655. The van der Waals surface area contributed by atoms with Gasteiger partial charge in [0.15, 0.2) is 0 Å². The van der Waals surface area contributed by atoms with Gasteiger partial charge in [-0.1, -0.05) is 0 Å². The molecular formula is C11H9F6NO2S. The van der Waals surface area contributed by atoms with Crippen molar-refractivity contribution in [3.8, 4) is 0 Å². The summed E-state index contributed by atoms with van der Waals surface area (Å²) in [6, 6.07) is 1.06. The van der Waals surface area contributed by atoms with Crippen LogP contribution in [0, 0.1) is 0 Å². The molecule has 0 saturated heterocycles. The van der Waals surface area contributed by atoms with E-state index in [4.69, 9.17) is 0 Å². The molecule has 2 N–H and O–H groups in total. The average Bonchev–Trinajstić information content (AvgIpc) is 2.27. The minimum Gasteiger partial charge on any atom is -0.449 e. The van der Waals surface area contributed by atoms with Gasteiger partial charge in [-0.15, -0.1) is 12.6 Å². The van der Waals surface area contributed by atoms with Crippen molar-refractivity contribution in [2.75, 3.05) is 6.61 Å². The van der Waals surface area contributed by atoms with Crippen LogP contribution in [0.25, 0.3) is 0 Å². The summed E-state index contributed by atoms with van der Waals surface area (Å²) in [7, 11) is 0. The number of thiol groups is 1. The van der Waals surface area contributed by atoms with E-state index in [2.05, 4.69) is 23.1 Å². The predicted molar refractivity (Wildman–Crippen MR) is 62.9 cm³/mol. The van der Waals surface area contributed by atoms with Crippen LogP contribution < -0.4 is 5.73 Å². The summed E-state index contributed by atoms with van der Waals surface area (Å²) in [5.41, 5.74) is 1.34. The van der Waals surface area contributed by atoms with E-state index in [0.717, 1.165) is 0 Å². The third-order valence-corrected chi connectivity index (χ3v) is 2.90. The summed E-state index contributed by atoms with van der Waals surface area (Å²) in [5.74, 6) is 0. The van der Waals surface area contributed by atoms with Crippen LogP contribution >= 0.6 is 12.6 Å². The van der Waals surface area contributed by atoms with Crippen LogP contribution in [-0.4, -0.2) is 12.7 Å². The Kier molecular flexibility index (Phi) is 5.03. The van der Waals surface area contributed by atoms with E-state index in [1.165, 1.54) is 0 Å². The molecule has 1 rings (SSSR count). The zero-order chi connectivity index (χ0) is 16.4. The van der Waals surface area contributed by atoms with Crippen molar-refractivity contribution >= 4 is 18.7 Å². The maximum atomic E-state index is 12.7. The van der Waals surface area contributed by atoms with Crippen LogP contribution in [0.2, 0.25) is 0 Å². The number of carbonyl (C=O) groups is 1. The first kappa shape index (κ1) is 17.5. The van der Waals surface area contributed by atoms with Crippen LogP contribution in [0.1, 0.15) is 16.7 Å². The van der Waals surface area contributed by atoms with Crippen LogP contribution in [0.5, 0.6) is 0 Å². The van der Waals surface area contributed by atoms with E-state index in [9.17, 15) is 31.1 Å². The molecule has 3 nitrogen and oxygen atoms in total. The molecule has 21 heavy (non-hydrogen) atoms.